The van der Waals surface area contributed by atoms with Gasteiger partial charge < -0.3 is 19.3 Å². The lowest BCUT2D eigenvalue weighted by molar-refractivity contribution is 0.0990. The van der Waals surface area contributed by atoms with Crippen molar-refractivity contribution >= 4 is 5.78 Å². The number of carbonyl (C=O) groups is 1. The van der Waals surface area contributed by atoms with Gasteiger partial charge in [0.2, 0.25) is 0 Å². The molecule has 5 nitrogen and oxygen atoms in total. The van der Waals surface area contributed by atoms with Gasteiger partial charge in [0.15, 0.2) is 17.3 Å². The van der Waals surface area contributed by atoms with E-state index >= 15 is 0 Å². The summed E-state index contributed by atoms with van der Waals surface area (Å²) >= 11 is 0. The zero-order valence-corrected chi connectivity index (χ0v) is 12.8. The third-order valence-electron chi connectivity index (χ3n) is 3.33. The lowest BCUT2D eigenvalue weighted by Crippen LogP contribution is -2.05. The first-order valence-corrected chi connectivity index (χ1v) is 6.70. The van der Waals surface area contributed by atoms with Gasteiger partial charge in [0.25, 0.3) is 0 Å². The summed E-state index contributed by atoms with van der Waals surface area (Å²) in [5.74, 6) is 1.17. The molecule has 2 aromatic rings. The van der Waals surface area contributed by atoms with Gasteiger partial charge in [-0.1, -0.05) is 12.1 Å². The number of rotatable bonds is 6. The van der Waals surface area contributed by atoms with E-state index in [4.69, 9.17) is 14.2 Å². The number of carbonyl (C=O) groups excluding carboxylic acids is 1. The van der Waals surface area contributed by atoms with Gasteiger partial charge >= 0.3 is 0 Å². The summed E-state index contributed by atoms with van der Waals surface area (Å²) in [6.45, 7) is 0. The lowest BCUT2D eigenvalue weighted by atomic mass is 10.0. The summed E-state index contributed by atoms with van der Waals surface area (Å²) in [7, 11) is 4.53. The molecule has 2 rings (SSSR count). The van der Waals surface area contributed by atoms with E-state index in [-0.39, 0.29) is 23.5 Å². The normalized spacial score (nSPS) is 10.1. The molecule has 2 aromatic carbocycles. The molecular formula is C17H18O5. The number of phenolic OH excluding ortho intramolecular Hbond substituents is 1. The first-order valence-electron chi connectivity index (χ1n) is 6.70. The molecule has 0 bridgehead atoms. The fraction of sp³-hybridized carbons (Fsp3) is 0.235. The predicted molar refractivity (Wildman–Crippen MR) is 82.2 cm³/mol. The molecule has 0 unspecified atom stereocenters. The van der Waals surface area contributed by atoms with Crippen molar-refractivity contribution < 1.29 is 24.1 Å². The average molecular weight is 302 g/mol. The van der Waals surface area contributed by atoms with E-state index in [1.165, 1.54) is 26.4 Å². The van der Waals surface area contributed by atoms with Gasteiger partial charge in [-0.3, -0.25) is 4.79 Å². The van der Waals surface area contributed by atoms with Gasteiger partial charge in [-0.15, -0.1) is 0 Å². The van der Waals surface area contributed by atoms with Gasteiger partial charge in [-0.25, -0.2) is 0 Å². The summed E-state index contributed by atoms with van der Waals surface area (Å²) in [5, 5.41) is 10.00. The Kier molecular flexibility index (Phi) is 4.88. The van der Waals surface area contributed by atoms with E-state index in [1.54, 1.807) is 19.2 Å². The minimum absolute atomic E-state index is 0.129. The smallest absolute Gasteiger partial charge is 0.171 e. The number of hydrogen-bond donors (Lipinski definition) is 1. The van der Waals surface area contributed by atoms with Gasteiger partial charge in [0.05, 0.1) is 26.9 Å². The molecular weight excluding hydrogens is 284 g/mol. The second-order valence-corrected chi connectivity index (χ2v) is 4.67. The number of methoxy groups -OCH3 is 3. The number of ketones is 1. The van der Waals surface area contributed by atoms with Crippen LogP contribution in [0.25, 0.3) is 0 Å². The van der Waals surface area contributed by atoms with E-state index in [9.17, 15) is 9.90 Å². The van der Waals surface area contributed by atoms with E-state index in [2.05, 4.69) is 0 Å². The molecule has 0 spiro atoms. The molecule has 5 heteroatoms. The second kappa shape index (κ2) is 6.85. The highest BCUT2D eigenvalue weighted by Crippen LogP contribution is 2.34. The Hall–Kier alpha value is -2.69. The van der Waals surface area contributed by atoms with E-state index < -0.39 is 0 Å². The molecule has 0 aromatic heterocycles. The van der Waals surface area contributed by atoms with Crippen LogP contribution in [0, 0.1) is 0 Å². The van der Waals surface area contributed by atoms with E-state index in [0.717, 1.165) is 11.3 Å². The minimum atomic E-state index is -0.205. The Labute approximate surface area is 129 Å². The van der Waals surface area contributed by atoms with Crippen LogP contribution in [0.5, 0.6) is 23.0 Å². The van der Waals surface area contributed by atoms with Crippen molar-refractivity contribution in [3.8, 4) is 23.0 Å². The standard InChI is InChI=1S/C17H18O5/c1-20-12-6-4-11(5-7-12)8-14(18)13-9-16(21-2)17(22-3)10-15(13)19/h4-7,9-10,19H,8H2,1-3H3. The van der Waals surface area contributed by atoms with Crippen molar-refractivity contribution in [3.05, 3.63) is 47.5 Å². The SMILES string of the molecule is COc1ccc(CC(=O)c2cc(OC)c(OC)cc2O)cc1. The molecule has 1 N–H and O–H groups in total. The van der Waals surface area contributed by atoms with Crippen molar-refractivity contribution in [2.24, 2.45) is 0 Å². The molecule has 22 heavy (non-hydrogen) atoms. The third kappa shape index (κ3) is 3.31. The number of benzene rings is 2. The monoisotopic (exact) mass is 302 g/mol. The Morgan fingerprint density at radius 2 is 1.55 bits per heavy atom. The fourth-order valence-corrected chi connectivity index (χ4v) is 2.12. The fourth-order valence-electron chi connectivity index (χ4n) is 2.12. The van der Waals surface area contributed by atoms with Crippen LogP contribution in [-0.4, -0.2) is 32.2 Å². The summed E-state index contributed by atoms with van der Waals surface area (Å²) in [4.78, 5) is 12.4. The largest absolute Gasteiger partial charge is 0.507 e. The van der Waals surface area contributed by atoms with Gasteiger partial charge in [0, 0.05) is 12.5 Å². The topological polar surface area (TPSA) is 65.0 Å². The van der Waals surface area contributed by atoms with Crippen molar-refractivity contribution in [1.29, 1.82) is 0 Å². The molecule has 0 fully saturated rings. The van der Waals surface area contributed by atoms with Crippen molar-refractivity contribution in [1.82, 2.24) is 0 Å². The first kappa shape index (κ1) is 15.7. The lowest BCUT2D eigenvalue weighted by Gasteiger charge is -2.11. The number of Topliss-reactive ketones (excluding diaryl/α,β-unsaturated/α-hetero) is 1. The minimum Gasteiger partial charge on any atom is -0.507 e. The molecule has 0 saturated heterocycles. The maximum absolute atomic E-state index is 12.4. The molecule has 0 atom stereocenters. The van der Waals surface area contributed by atoms with E-state index in [1.807, 2.05) is 12.1 Å². The van der Waals surface area contributed by atoms with Crippen LogP contribution >= 0.6 is 0 Å². The first-order chi connectivity index (χ1) is 10.6. The summed E-state index contributed by atoms with van der Waals surface area (Å²) in [6.07, 6.45) is 0.174. The molecule has 0 aliphatic carbocycles. The maximum Gasteiger partial charge on any atom is 0.171 e. The Morgan fingerprint density at radius 3 is 2.09 bits per heavy atom. The molecule has 0 radical (unpaired) electrons. The quantitative estimate of drug-likeness (QED) is 0.831. The zero-order valence-electron chi connectivity index (χ0n) is 12.8. The third-order valence-corrected chi connectivity index (χ3v) is 3.33. The maximum atomic E-state index is 12.4. The average Bonchev–Trinajstić information content (AvgIpc) is 2.55. The van der Waals surface area contributed by atoms with Crippen LogP contribution in [-0.2, 0) is 6.42 Å². The highest BCUT2D eigenvalue weighted by molar-refractivity contribution is 6.00. The van der Waals surface area contributed by atoms with Crippen LogP contribution in [0.3, 0.4) is 0 Å². The Balaban J connectivity index is 2.24. The molecule has 116 valence electrons. The van der Waals surface area contributed by atoms with E-state index in [0.29, 0.717) is 11.5 Å². The number of ether oxygens (including phenoxy) is 3. The van der Waals surface area contributed by atoms with Gasteiger partial charge in [0.1, 0.15) is 11.5 Å². The molecule has 0 amide bonds. The van der Waals surface area contributed by atoms with Gasteiger partial charge in [-0.2, -0.15) is 0 Å². The zero-order chi connectivity index (χ0) is 16.1. The van der Waals surface area contributed by atoms with Crippen LogP contribution < -0.4 is 14.2 Å². The van der Waals surface area contributed by atoms with Crippen LogP contribution in [0.1, 0.15) is 15.9 Å². The number of phenols is 1. The highest BCUT2D eigenvalue weighted by Gasteiger charge is 2.17. The molecule has 0 heterocycles. The van der Waals surface area contributed by atoms with Crippen molar-refractivity contribution in [2.45, 2.75) is 6.42 Å². The summed E-state index contributed by atoms with van der Waals surface area (Å²) in [5.41, 5.74) is 1.04. The molecule has 0 saturated carbocycles. The van der Waals surface area contributed by atoms with Crippen LogP contribution in [0.4, 0.5) is 0 Å². The van der Waals surface area contributed by atoms with Crippen LogP contribution in [0.15, 0.2) is 36.4 Å². The molecule has 0 aliphatic rings. The molecule has 0 aliphatic heterocycles. The predicted octanol–water partition coefficient (Wildman–Crippen LogP) is 2.84. The highest BCUT2D eigenvalue weighted by atomic mass is 16.5. The summed E-state index contributed by atoms with van der Waals surface area (Å²) < 4.78 is 15.3. The van der Waals surface area contributed by atoms with Gasteiger partial charge in [-0.05, 0) is 23.8 Å². The Morgan fingerprint density at radius 1 is 0.955 bits per heavy atom. The van der Waals surface area contributed by atoms with Crippen molar-refractivity contribution in [3.63, 3.8) is 0 Å². The van der Waals surface area contributed by atoms with Crippen molar-refractivity contribution in [2.75, 3.05) is 21.3 Å². The number of hydrogen-bond acceptors (Lipinski definition) is 5. The second-order valence-electron chi connectivity index (χ2n) is 4.67. The number of aromatic hydroxyl groups is 1. The van der Waals surface area contributed by atoms with Crippen LogP contribution in [0.2, 0.25) is 0 Å². The summed E-state index contributed by atoms with van der Waals surface area (Å²) in [6, 6.07) is 10.1. The Bertz CT molecular complexity index is 661.